The second-order valence-corrected chi connectivity index (χ2v) is 7.87. The van der Waals surface area contributed by atoms with Crippen molar-refractivity contribution in [3.05, 3.63) is 59.9 Å². The van der Waals surface area contributed by atoms with Crippen molar-refractivity contribution in [3.63, 3.8) is 0 Å². The molecule has 0 saturated carbocycles. The monoisotopic (exact) mass is 398 g/mol. The number of aromatic nitrogens is 1. The van der Waals surface area contributed by atoms with E-state index in [0.717, 1.165) is 12.2 Å². The largest absolute Gasteiger partial charge is 0.441 e. The number of anilines is 1. The van der Waals surface area contributed by atoms with Gasteiger partial charge in [0.25, 0.3) is 0 Å². The van der Waals surface area contributed by atoms with Crippen LogP contribution in [0.2, 0.25) is 0 Å². The van der Waals surface area contributed by atoms with Crippen LogP contribution in [0, 0.1) is 0 Å². The van der Waals surface area contributed by atoms with Gasteiger partial charge in [-0.25, -0.2) is 4.79 Å². The van der Waals surface area contributed by atoms with E-state index in [9.17, 15) is 4.79 Å². The Morgan fingerprint density at radius 1 is 1.17 bits per heavy atom. The van der Waals surface area contributed by atoms with Crippen molar-refractivity contribution >= 4 is 11.8 Å². The summed E-state index contributed by atoms with van der Waals surface area (Å²) < 4.78 is 17.4. The van der Waals surface area contributed by atoms with E-state index in [1.165, 1.54) is 5.56 Å². The second kappa shape index (κ2) is 8.90. The van der Waals surface area contributed by atoms with Crippen LogP contribution in [-0.4, -0.2) is 48.6 Å². The molecule has 0 radical (unpaired) electrons. The summed E-state index contributed by atoms with van der Waals surface area (Å²) in [6.45, 7) is 5.95. The molecule has 2 saturated heterocycles. The number of nitrogens with zero attached hydrogens (tertiary/aromatic N) is 1. The number of ether oxygens (including phenoxy) is 3. The van der Waals surface area contributed by atoms with Gasteiger partial charge in [0.05, 0.1) is 12.3 Å². The standard InChI is InChI=1S/C22H27N3O4/c1-14(2)15-6-8-16(9-7-15)25-22(26)29-19-13-28-20-18(12-27-21(19)20)24-11-17-5-3-4-10-23-17/h3-10,14,18-21,24H,11-13H2,1-2H3,(H,25,26)/p+1/t18-,19+,20+,21+/m0/s1. The number of rotatable bonds is 6. The first-order valence-electron chi connectivity index (χ1n) is 10.1. The van der Waals surface area contributed by atoms with Crippen molar-refractivity contribution in [3.8, 4) is 0 Å². The van der Waals surface area contributed by atoms with Crippen LogP contribution >= 0.6 is 0 Å². The summed E-state index contributed by atoms with van der Waals surface area (Å²) in [5, 5.41) is 4.97. The molecule has 1 aromatic carbocycles. The van der Waals surface area contributed by atoms with Crippen molar-refractivity contribution in [2.24, 2.45) is 0 Å². The van der Waals surface area contributed by atoms with Crippen molar-refractivity contribution in [2.45, 2.75) is 50.7 Å². The molecule has 2 aliphatic heterocycles. The molecule has 0 spiro atoms. The topological polar surface area (TPSA) is 86.3 Å². The normalized spacial score (nSPS) is 25.8. The number of pyridine rings is 1. The van der Waals surface area contributed by atoms with Gasteiger partial charge in [0.1, 0.15) is 31.4 Å². The Hall–Kier alpha value is -2.48. The van der Waals surface area contributed by atoms with Gasteiger partial charge >= 0.3 is 6.09 Å². The van der Waals surface area contributed by atoms with Gasteiger partial charge in [-0.3, -0.25) is 10.3 Å². The van der Waals surface area contributed by atoms with Crippen LogP contribution < -0.4 is 10.6 Å². The first-order valence-corrected chi connectivity index (χ1v) is 10.1. The summed E-state index contributed by atoms with van der Waals surface area (Å²) in [6, 6.07) is 13.9. The van der Waals surface area contributed by atoms with Gasteiger partial charge < -0.3 is 19.5 Å². The summed E-state index contributed by atoms with van der Waals surface area (Å²) in [4.78, 5) is 16.7. The Kier molecular flexibility index (Phi) is 6.08. The van der Waals surface area contributed by atoms with Crippen molar-refractivity contribution in [2.75, 3.05) is 18.5 Å². The smallest absolute Gasteiger partial charge is 0.412 e. The highest BCUT2D eigenvalue weighted by atomic mass is 16.6. The van der Waals surface area contributed by atoms with E-state index >= 15 is 0 Å². The molecule has 0 bridgehead atoms. The van der Waals surface area contributed by atoms with Gasteiger partial charge in [-0.1, -0.05) is 32.0 Å². The molecule has 4 atom stereocenters. The molecule has 2 aliphatic rings. The molecule has 2 aromatic rings. The van der Waals surface area contributed by atoms with Crippen molar-refractivity contribution in [1.82, 2.24) is 4.98 Å². The molecule has 3 heterocycles. The average Bonchev–Trinajstić information content (AvgIpc) is 3.30. The van der Waals surface area contributed by atoms with Crippen LogP contribution in [0.4, 0.5) is 10.5 Å². The number of nitrogens with two attached hydrogens (primary N) is 1. The molecule has 1 amide bonds. The van der Waals surface area contributed by atoms with E-state index in [0.29, 0.717) is 24.8 Å². The summed E-state index contributed by atoms with van der Waals surface area (Å²) in [7, 11) is 0. The Balaban J connectivity index is 1.27. The lowest BCUT2D eigenvalue weighted by molar-refractivity contribution is -0.708. The fourth-order valence-electron chi connectivity index (χ4n) is 3.82. The fourth-order valence-corrected chi connectivity index (χ4v) is 3.82. The zero-order valence-corrected chi connectivity index (χ0v) is 16.8. The van der Waals surface area contributed by atoms with Crippen LogP contribution in [0.5, 0.6) is 0 Å². The minimum absolute atomic E-state index is 0.0816. The lowest BCUT2D eigenvalue weighted by Crippen LogP contribution is -2.91. The Labute approximate surface area is 170 Å². The van der Waals surface area contributed by atoms with Crippen LogP contribution in [0.1, 0.15) is 31.0 Å². The third-order valence-electron chi connectivity index (χ3n) is 5.48. The van der Waals surface area contributed by atoms with Crippen molar-refractivity contribution < 1.29 is 24.3 Å². The van der Waals surface area contributed by atoms with Crippen molar-refractivity contribution in [1.29, 1.82) is 0 Å². The molecule has 2 fully saturated rings. The highest BCUT2D eigenvalue weighted by molar-refractivity contribution is 5.84. The number of hydrogen-bond acceptors (Lipinski definition) is 5. The van der Waals surface area contributed by atoms with Crippen LogP contribution in [0.25, 0.3) is 0 Å². The number of nitrogens with one attached hydrogen (secondary N) is 1. The Bertz CT molecular complexity index is 813. The van der Waals surface area contributed by atoms with Crippen LogP contribution in [0.15, 0.2) is 48.7 Å². The highest BCUT2D eigenvalue weighted by Gasteiger charge is 2.51. The Morgan fingerprint density at radius 2 is 1.97 bits per heavy atom. The van der Waals surface area contributed by atoms with E-state index in [1.807, 2.05) is 42.5 Å². The first-order chi connectivity index (χ1) is 14.1. The number of fused-ring (bicyclic) bond motifs is 1. The number of quaternary nitrogens is 1. The zero-order valence-electron chi connectivity index (χ0n) is 16.8. The van der Waals surface area contributed by atoms with E-state index < -0.39 is 12.2 Å². The van der Waals surface area contributed by atoms with Gasteiger partial charge in [0.2, 0.25) is 0 Å². The molecular formula is C22H28N3O4+. The number of carbonyl (C=O) groups excluding carboxylic acids is 1. The van der Waals surface area contributed by atoms with E-state index in [1.54, 1.807) is 6.20 Å². The van der Waals surface area contributed by atoms with Gasteiger partial charge in [0, 0.05) is 11.9 Å². The molecule has 4 rings (SSSR count). The number of amides is 1. The Morgan fingerprint density at radius 3 is 2.69 bits per heavy atom. The predicted molar refractivity (Wildman–Crippen MR) is 108 cm³/mol. The fraction of sp³-hybridized carbons (Fsp3) is 0.455. The summed E-state index contributed by atoms with van der Waals surface area (Å²) in [5.74, 6) is 0.450. The van der Waals surface area contributed by atoms with E-state index in [-0.39, 0.29) is 18.2 Å². The predicted octanol–water partition coefficient (Wildman–Crippen LogP) is 2.05. The van der Waals surface area contributed by atoms with Gasteiger partial charge in [-0.05, 0) is 35.7 Å². The minimum atomic E-state index is -0.485. The minimum Gasteiger partial charge on any atom is -0.441 e. The first kappa shape index (κ1) is 19.8. The van der Waals surface area contributed by atoms with E-state index in [2.05, 4.69) is 29.5 Å². The van der Waals surface area contributed by atoms with E-state index in [4.69, 9.17) is 14.2 Å². The summed E-state index contributed by atoms with van der Waals surface area (Å²) in [6.07, 6.45) is 0.599. The zero-order chi connectivity index (χ0) is 20.2. The molecule has 3 N–H and O–H groups in total. The molecule has 1 aromatic heterocycles. The van der Waals surface area contributed by atoms with Gasteiger partial charge in [0.15, 0.2) is 6.10 Å². The molecule has 0 unspecified atom stereocenters. The number of benzene rings is 1. The molecule has 0 aliphatic carbocycles. The highest BCUT2D eigenvalue weighted by Crippen LogP contribution is 2.28. The molecule has 154 valence electrons. The maximum absolute atomic E-state index is 12.3. The quantitative estimate of drug-likeness (QED) is 0.778. The molecule has 7 nitrogen and oxygen atoms in total. The third kappa shape index (κ3) is 4.75. The summed E-state index contributed by atoms with van der Waals surface area (Å²) >= 11 is 0. The van der Waals surface area contributed by atoms with Crippen LogP contribution in [0.3, 0.4) is 0 Å². The molecular weight excluding hydrogens is 370 g/mol. The maximum Gasteiger partial charge on any atom is 0.412 e. The third-order valence-corrected chi connectivity index (χ3v) is 5.48. The average molecular weight is 398 g/mol. The number of carbonyl (C=O) groups is 1. The molecule has 29 heavy (non-hydrogen) atoms. The van der Waals surface area contributed by atoms with Crippen LogP contribution in [-0.2, 0) is 20.8 Å². The van der Waals surface area contributed by atoms with Gasteiger partial charge in [-0.15, -0.1) is 0 Å². The van der Waals surface area contributed by atoms with Gasteiger partial charge in [-0.2, -0.15) is 0 Å². The SMILES string of the molecule is CC(C)c1ccc(NC(=O)O[C@@H]2CO[C@H]3[C@@H]2OC[C@@H]3[NH2+]Cc2ccccn2)cc1. The summed E-state index contributed by atoms with van der Waals surface area (Å²) in [5.41, 5.74) is 2.96. The maximum atomic E-state index is 12.3. The second-order valence-electron chi connectivity index (χ2n) is 7.87. The lowest BCUT2D eigenvalue weighted by atomic mass is 10.0. The lowest BCUT2D eigenvalue weighted by Gasteiger charge is -2.17. The number of hydrogen-bond donors (Lipinski definition) is 2. The molecule has 7 heteroatoms.